The first-order valence-corrected chi connectivity index (χ1v) is 9.44. The highest BCUT2D eigenvalue weighted by Crippen LogP contribution is 2.42. The smallest absolute Gasteiger partial charge is 0.134 e. The third-order valence-corrected chi connectivity index (χ3v) is 5.56. The number of ether oxygens (including phenoxy) is 2. The van der Waals surface area contributed by atoms with Crippen LogP contribution in [0.25, 0.3) is 11.1 Å². The van der Waals surface area contributed by atoms with E-state index in [0.717, 1.165) is 61.0 Å². The summed E-state index contributed by atoms with van der Waals surface area (Å²) in [7, 11) is 1.69. The van der Waals surface area contributed by atoms with Gasteiger partial charge in [-0.05, 0) is 49.7 Å². The lowest BCUT2D eigenvalue weighted by Crippen LogP contribution is -2.34. The molecule has 0 amide bonds. The molecule has 0 saturated carbocycles. The van der Waals surface area contributed by atoms with Crippen LogP contribution in [-0.4, -0.2) is 25.3 Å². The first-order valence-electron chi connectivity index (χ1n) is 9.44. The third-order valence-electron chi connectivity index (χ3n) is 5.56. The molecule has 4 heteroatoms. The Hall–Kier alpha value is -2.22. The summed E-state index contributed by atoms with van der Waals surface area (Å²) in [6.07, 6.45) is 6.07. The van der Waals surface area contributed by atoms with E-state index < -0.39 is 5.60 Å². The summed E-state index contributed by atoms with van der Waals surface area (Å²) in [5, 5.41) is 10.1. The van der Waals surface area contributed by atoms with Gasteiger partial charge in [-0.15, -0.1) is 0 Å². The standard InChI is InChI=1S/C22H24N2O2/c1-25-15-22(12-7-13-26-22)21-18(14-23)20(16-8-3-2-4-9-16)17-10-5-6-11-19(17)24-21/h2-4,8-9H,5-7,10-13,15H2,1H3. The molecule has 26 heavy (non-hydrogen) atoms. The number of rotatable bonds is 4. The van der Waals surface area contributed by atoms with Gasteiger partial charge in [0.2, 0.25) is 0 Å². The fourth-order valence-corrected chi connectivity index (χ4v) is 4.40. The van der Waals surface area contributed by atoms with Gasteiger partial charge in [0, 0.05) is 25.0 Å². The van der Waals surface area contributed by atoms with E-state index in [1.807, 2.05) is 18.2 Å². The average Bonchev–Trinajstić information content (AvgIpc) is 3.17. The molecule has 0 spiro atoms. The molecule has 4 rings (SSSR count). The molecule has 2 heterocycles. The van der Waals surface area contributed by atoms with Crippen LogP contribution >= 0.6 is 0 Å². The van der Waals surface area contributed by atoms with E-state index in [1.54, 1.807) is 7.11 Å². The van der Waals surface area contributed by atoms with E-state index in [9.17, 15) is 5.26 Å². The van der Waals surface area contributed by atoms with E-state index in [2.05, 4.69) is 18.2 Å². The highest BCUT2D eigenvalue weighted by molar-refractivity contribution is 5.76. The van der Waals surface area contributed by atoms with Gasteiger partial charge in [0.05, 0.1) is 17.9 Å². The van der Waals surface area contributed by atoms with Crippen molar-refractivity contribution in [3.05, 3.63) is 52.8 Å². The number of aromatic nitrogens is 1. The number of nitriles is 1. The zero-order valence-corrected chi connectivity index (χ0v) is 15.3. The van der Waals surface area contributed by atoms with Gasteiger partial charge in [-0.2, -0.15) is 5.26 Å². The van der Waals surface area contributed by atoms with Crippen LogP contribution < -0.4 is 0 Å². The molecule has 1 aromatic carbocycles. The Morgan fingerprint density at radius 2 is 2.00 bits per heavy atom. The van der Waals surface area contributed by atoms with Crippen LogP contribution in [0.2, 0.25) is 0 Å². The Morgan fingerprint density at radius 1 is 1.19 bits per heavy atom. The molecular formula is C22H24N2O2. The molecule has 1 atom stereocenters. The summed E-state index contributed by atoms with van der Waals surface area (Å²) in [5.41, 5.74) is 5.36. The molecule has 2 aromatic rings. The summed E-state index contributed by atoms with van der Waals surface area (Å²) in [4.78, 5) is 5.02. The largest absolute Gasteiger partial charge is 0.381 e. The molecule has 1 saturated heterocycles. The van der Waals surface area contributed by atoms with Gasteiger partial charge in [0.25, 0.3) is 0 Å². The predicted octanol–water partition coefficient (Wildman–Crippen LogP) is 4.15. The van der Waals surface area contributed by atoms with Crippen molar-refractivity contribution >= 4 is 0 Å². The normalized spacial score (nSPS) is 22.0. The zero-order valence-electron chi connectivity index (χ0n) is 15.3. The quantitative estimate of drug-likeness (QED) is 0.833. The van der Waals surface area contributed by atoms with Crippen molar-refractivity contribution < 1.29 is 9.47 Å². The van der Waals surface area contributed by atoms with Crippen molar-refractivity contribution in [2.45, 2.75) is 44.1 Å². The van der Waals surface area contributed by atoms with E-state index in [0.29, 0.717) is 18.8 Å². The maximum Gasteiger partial charge on any atom is 0.134 e. The molecule has 0 N–H and O–H groups in total. The molecule has 4 nitrogen and oxygen atoms in total. The summed E-state index contributed by atoms with van der Waals surface area (Å²) < 4.78 is 11.7. The molecule has 1 aromatic heterocycles. The van der Waals surface area contributed by atoms with Gasteiger partial charge in [-0.3, -0.25) is 4.98 Å². The molecule has 134 valence electrons. The second-order valence-electron chi connectivity index (χ2n) is 7.20. The lowest BCUT2D eigenvalue weighted by atomic mass is 9.82. The van der Waals surface area contributed by atoms with Gasteiger partial charge < -0.3 is 9.47 Å². The minimum absolute atomic E-state index is 0.432. The monoisotopic (exact) mass is 348 g/mol. The van der Waals surface area contributed by atoms with Crippen LogP contribution in [-0.2, 0) is 27.9 Å². The van der Waals surface area contributed by atoms with E-state index in [1.165, 1.54) is 5.56 Å². The number of fused-ring (bicyclic) bond motifs is 1. The van der Waals surface area contributed by atoms with Crippen LogP contribution in [0, 0.1) is 11.3 Å². The summed E-state index contributed by atoms with van der Waals surface area (Å²) in [6, 6.07) is 12.7. The average molecular weight is 348 g/mol. The van der Waals surface area contributed by atoms with Crippen molar-refractivity contribution in [1.82, 2.24) is 4.98 Å². The molecule has 1 unspecified atom stereocenters. The van der Waals surface area contributed by atoms with Crippen LogP contribution in [0.3, 0.4) is 0 Å². The van der Waals surface area contributed by atoms with Crippen LogP contribution in [0.5, 0.6) is 0 Å². The maximum absolute atomic E-state index is 10.1. The topological polar surface area (TPSA) is 55.1 Å². The van der Waals surface area contributed by atoms with Gasteiger partial charge >= 0.3 is 0 Å². The number of hydrogen-bond acceptors (Lipinski definition) is 4. The highest BCUT2D eigenvalue weighted by Gasteiger charge is 2.42. The minimum atomic E-state index is -0.601. The van der Waals surface area contributed by atoms with Crippen molar-refractivity contribution in [2.75, 3.05) is 20.3 Å². The summed E-state index contributed by atoms with van der Waals surface area (Å²) >= 11 is 0. The number of methoxy groups -OCH3 is 1. The van der Waals surface area contributed by atoms with Gasteiger partial charge in [0.15, 0.2) is 0 Å². The third kappa shape index (κ3) is 2.82. The molecule has 1 fully saturated rings. The van der Waals surface area contributed by atoms with E-state index >= 15 is 0 Å². The van der Waals surface area contributed by atoms with Crippen molar-refractivity contribution in [3.8, 4) is 17.2 Å². The second kappa shape index (κ2) is 7.19. The second-order valence-corrected chi connectivity index (χ2v) is 7.20. The minimum Gasteiger partial charge on any atom is -0.381 e. The number of benzene rings is 1. The van der Waals surface area contributed by atoms with Crippen LogP contribution in [0.15, 0.2) is 30.3 Å². The van der Waals surface area contributed by atoms with E-state index in [-0.39, 0.29) is 0 Å². The summed E-state index contributed by atoms with van der Waals surface area (Å²) in [5.74, 6) is 0. The first-order chi connectivity index (χ1) is 12.8. The van der Waals surface area contributed by atoms with Crippen molar-refractivity contribution in [3.63, 3.8) is 0 Å². The Balaban J connectivity index is 2.00. The Bertz CT molecular complexity index is 833. The lowest BCUT2D eigenvalue weighted by Gasteiger charge is -2.31. The molecule has 1 aliphatic carbocycles. The zero-order chi connectivity index (χ0) is 18.0. The lowest BCUT2D eigenvalue weighted by molar-refractivity contribution is -0.0592. The number of hydrogen-bond donors (Lipinski definition) is 0. The first kappa shape index (κ1) is 17.2. The fraction of sp³-hybridized carbons (Fsp3) is 0.455. The Morgan fingerprint density at radius 3 is 2.69 bits per heavy atom. The Labute approximate surface area is 154 Å². The van der Waals surface area contributed by atoms with Crippen LogP contribution in [0.4, 0.5) is 0 Å². The SMILES string of the molecule is COCC1(c2nc3c(c(-c4ccccc4)c2C#N)CCCC3)CCCO1. The van der Waals surface area contributed by atoms with Gasteiger partial charge in [-0.25, -0.2) is 0 Å². The molecule has 2 aliphatic rings. The van der Waals surface area contributed by atoms with Crippen molar-refractivity contribution in [2.24, 2.45) is 0 Å². The van der Waals surface area contributed by atoms with Gasteiger partial charge in [0.1, 0.15) is 11.7 Å². The molecular weight excluding hydrogens is 324 g/mol. The number of aryl methyl sites for hydroxylation is 1. The Kier molecular flexibility index (Phi) is 4.76. The predicted molar refractivity (Wildman–Crippen MR) is 99.8 cm³/mol. The highest BCUT2D eigenvalue weighted by atomic mass is 16.5. The molecule has 1 aliphatic heterocycles. The molecule has 0 radical (unpaired) electrons. The fourth-order valence-electron chi connectivity index (χ4n) is 4.40. The van der Waals surface area contributed by atoms with Gasteiger partial charge in [-0.1, -0.05) is 30.3 Å². The van der Waals surface area contributed by atoms with E-state index in [4.69, 9.17) is 14.5 Å². The summed E-state index contributed by atoms with van der Waals surface area (Å²) in [6.45, 7) is 1.12. The van der Waals surface area contributed by atoms with Crippen LogP contribution in [0.1, 0.15) is 48.2 Å². The number of nitrogens with zero attached hydrogens (tertiary/aromatic N) is 2. The van der Waals surface area contributed by atoms with Crippen molar-refractivity contribution in [1.29, 1.82) is 5.26 Å². The molecule has 0 bridgehead atoms. The number of pyridine rings is 1. The maximum atomic E-state index is 10.1.